The van der Waals surface area contributed by atoms with Gasteiger partial charge in [0.25, 0.3) is 11.8 Å². The zero-order valence-electron chi connectivity index (χ0n) is 20.8. The zero-order valence-corrected chi connectivity index (χ0v) is 20.8. The number of benzene rings is 2. The van der Waals surface area contributed by atoms with Crippen LogP contribution in [0.2, 0.25) is 0 Å². The summed E-state index contributed by atoms with van der Waals surface area (Å²) in [6.45, 7) is 11.0. The Bertz CT molecular complexity index is 990. The van der Waals surface area contributed by atoms with Crippen LogP contribution in [-0.2, 0) is 28.7 Å². The fraction of sp³-hybridized carbons (Fsp3) is 0.286. The molecule has 0 aliphatic carbocycles. The Labute approximate surface area is 211 Å². The molecule has 0 spiro atoms. The Hall–Kier alpha value is -4.20. The van der Waals surface area contributed by atoms with Gasteiger partial charge in [0.15, 0.2) is 0 Å². The highest BCUT2D eigenvalue weighted by atomic mass is 16.7. The lowest BCUT2D eigenvalue weighted by Gasteiger charge is -2.08. The first-order valence-corrected chi connectivity index (χ1v) is 11.6. The van der Waals surface area contributed by atoms with Gasteiger partial charge in [0, 0.05) is 22.3 Å². The number of hydrogen-bond acceptors (Lipinski definition) is 8. The number of unbranched alkanes of at least 4 members (excludes halogenated alkanes) is 3. The van der Waals surface area contributed by atoms with E-state index in [9.17, 15) is 9.59 Å². The molecular weight excluding hydrogens is 460 g/mol. The van der Waals surface area contributed by atoms with Crippen molar-refractivity contribution in [3.05, 3.63) is 96.1 Å². The zero-order chi connectivity index (χ0) is 26.2. The third kappa shape index (κ3) is 10.4. The Morgan fingerprint density at radius 3 is 1.33 bits per heavy atom. The summed E-state index contributed by atoms with van der Waals surface area (Å²) in [5.74, 6) is -0.935. The first-order chi connectivity index (χ1) is 17.4. The molecule has 0 saturated carbocycles. The van der Waals surface area contributed by atoms with Gasteiger partial charge in [-0.1, -0.05) is 49.6 Å². The van der Waals surface area contributed by atoms with Crippen molar-refractivity contribution in [2.24, 2.45) is 10.3 Å². The van der Waals surface area contributed by atoms with Crippen molar-refractivity contribution in [3.8, 4) is 0 Å². The van der Waals surface area contributed by atoms with Crippen LogP contribution >= 0.6 is 0 Å². The maximum Gasteiger partial charge on any atom is 0.339 e. The molecule has 0 aliphatic rings. The van der Waals surface area contributed by atoms with E-state index in [2.05, 4.69) is 23.5 Å². The Morgan fingerprint density at radius 2 is 1.00 bits per heavy atom. The molecule has 0 radical (unpaired) electrons. The summed E-state index contributed by atoms with van der Waals surface area (Å²) in [7, 11) is 0. The Morgan fingerprint density at radius 1 is 0.639 bits per heavy atom. The quantitative estimate of drug-likeness (QED) is 0.0909. The molecule has 0 amide bonds. The topological polar surface area (TPSA) is 95.8 Å². The summed E-state index contributed by atoms with van der Waals surface area (Å²) < 4.78 is 10.6. The average molecular weight is 493 g/mol. The number of oxime groups is 2. The first kappa shape index (κ1) is 28.0. The van der Waals surface area contributed by atoms with E-state index in [-0.39, 0.29) is 22.9 Å². The van der Waals surface area contributed by atoms with Crippen molar-refractivity contribution in [2.75, 3.05) is 13.2 Å². The monoisotopic (exact) mass is 492 g/mol. The Kier molecular flexibility index (Phi) is 12.2. The van der Waals surface area contributed by atoms with Crippen molar-refractivity contribution >= 4 is 23.7 Å². The minimum Gasteiger partial charge on any atom is -0.400 e. The molecule has 0 heterocycles. The molecule has 0 aliphatic heterocycles. The summed E-state index contributed by atoms with van der Waals surface area (Å²) >= 11 is 0. The maximum atomic E-state index is 11.9. The van der Waals surface area contributed by atoms with Gasteiger partial charge in [0.2, 0.25) is 0 Å². The molecule has 0 N–H and O–H groups in total. The van der Waals surface area contributed by atoms with Gasteiger partial charge in [-0.05, 0) is 74.1 Å². The molecule has 0 atom stereocenters. The molecule has 36 heavy (non-hydrogen) atoms. The van der Waals surface area contributed by atoms with Gasteiger partial charge in [-0.2, -0.15) is 0 Å². The van der Waals surface area contributed by atoms with Gasteiger partial charge in [-0.3, -0.25) is 0 Å². The van der Waals surface area contributed by atoms with Crippen LogP contribution in [0.1, 0.15) is 50.7 Å². The van der Waals surface area contributed by atoms with Crippen LogP contribution in [0.15, 0.2) is 95.3 Å². The van der Waals surface area contributed by atoms with Crippen molar-refractivity contribution in [2.45, 2.75) is 39.5 Å². The highest BCUT2D eigenvalue weighted by molar-refractivity contribution is 6.04. The van der Waals surface area contributed by atoms with Crippen LogP contribution < -0.4 is 0 Å². The number of rotatable bonds is 13. The van der Waals surface area contributed by atoms with E-state index in [1.165, 1.54) is 0 Å². The molecule has 0 fully saturated rings. The van der Waals surface area contributed by atoms with E-state index in [1.54, 1.807) is 38.1 Å². The normalized spacial score (nSPS) is 11.4. The van der Waals surface area contributed by atoms with Crippen LogP contribution in [0, 0.1) is 0 Å². The lowest BCUT2D eigenvalue weighted by atomic mass is 10.2. The Balaban J connectivity index is 1.73. The summed E-state index contributed by atoms with van der Waals surface area (Å²) in [5.41, 5.74) is 1.81. The molecule has 190 valence electrons. The highest BCUT2D eigenvalue weighted by Gasteiger charge is 2.13. The average Bonchev–Trinajstić information content (AvgIpc) is 2.88. The highest BCUT2D eigenvalue weighted by Crippen LogP contribution is 2.09. The lowest BCUT2D eigenvalue weighted by Crippen LogP contribution is -2.15. The summed E-state index contributed by atoms with van der Waals surface area (Å²) in [6.07, 6.45) is 3.28. The summed E-state index contributed by atoms with van der Waals surface area (Å²) in [4.78, 5) is 34.5. The maximum absolute atomic E-state index is 11.9. The summed E-state index contributed by atoms with van der Waals surface area (Å²) in [5, 5.41) is 7.98. The number of ether oxygens (including phenoxy) is 2. The molecule has 2 aromatic carbocycles. The van der Waals surface area contributed by atoms with Crippen LogP contribution in [0.4, 0.5) is 0 Å². The molecule has 0 unspecified atom stereocenters. The van der Waals surface area contributed by atoms with Crippen LogP contribution in [0.5, 0.6) is 0 Å². The van der Waals surface area contributed by atoms with Crippen molar-refractivity contribution in [3.63, 3.8) is 0 Å². The number of nitrogens with zero attached hydrogens (tertiary/aromatic N) is 2. The van der Waals surface area contributed by atoms with Crippen molar-refractivity contribution in [1.29, 1.82) is 0 Å². The van der Waals surface area contributed by atoms with Gasteiger partial charge >= 0.3 is 11.9 Å². The molecule has 8 heteroatoms. The lowest BCUT2D eigenvalue weighted by molar-refractivity contribution is -0.132. The number of carbonyl (C=O) groups is 2. The number of carbonyl (C=O) groups excluding carboxylic acids is 2. The second-order valence-electron chi connectivity index (χ2n) is 7.95. The summed E-state index contributed by atoms with van der Waals surface area (Å²) in [6, 6.07) is 18.1. The van der Waals surface area contributed by atoms with E-state index in [1.807, 2.05) is 36.4 Å². The SMILES string of the molecule is C=C(C)C(=O)O/C(=N/OCCCCCCO/N=C(/OC(=O)C(=C)C)c1ccccc1)c1ccccc1. The fourth-order valence-electron chi connectivity index (χ4n) is 2.67. The van der Waals surface area contributed by atoms with Crippen molar-refractivity contribution < 1.29 is 28.7 Å². The van der Waals surface area contributed by atoms with E-state index in [0.717, 1.165) is 25.7 Å². The minimum atomic E-state index is -0.561. The molecule has 0 bridgehead atoms. The smallest absolute Gasteiger partial charge is 0.339 e. The third-order valence-corrected chi connectivity index (χ3v) is 4.63. The minimum absolute atomic E-state index is 0.0939. The van der Waals surface area contributed by atoms with Gasteiger partial charge in [0.05, 0.1) is 0 Å². The number of hydrogen-bond donors (Lipinski definition) is 0. The van der Waals surface area contributed by atoms with Gasteiger partial charge in [0.1, 0.15) is 13.2 Å². The van der Waals surface area contributed by atoms with Gasteiger partial charge in [-0.15, -0.1) is 0 Å². The van der Waals surface area contributed by atoms with Crippen molar-refractivity contribution in [1.82, 2.24) is 0 Å². The molecule has 2 rings (SSSR count). The van der Waals surface area contributed by atoms with Crippen LogP contribution in [0.25, 0.3) is 0 Å². The molecule has 2 aromatic rings. The second-order valence-corrected chi connectivity index (χ2v) is 7.95. The molecule has 8 nitrogen and oxygen atoms in total. The number of esters is 2. The van der Waals surface area contributed by atoms with E-state index in [0.29, 0.717) is 24.3 Å². The largest absolute Gasteiger partial charge is 0.400 e. The van der Waals surface area contributed by atoms with E-state index in [4.69, 9.17) is 19.1 Å². The molecule has 0 saturated heterocycles. The van der Waals surface area contributed by atoms with E-state index >= 15 is 0 Å². The van der Waals surface area contributed by atoms with Crippen LogP contribution in [-0.4, -0.2) is 36.9 Å². The third-order valence-electron chi connectivity index (χ3n) is 4.63. The predicted octanol–water partition coefficient (Wildman–Crippen LogP) is 5.54. The van der Waals surface area contributed by atoms with Gasteiger partial charge < -0.3 is 19.1 Å². The predicted molar refractivity (Wildman–Crippen MR) is 138 cm³/mol. The second kappa shape index (κ2) is 15.7. The van der Waals surface area contributed by atoms with E-state index < -0.39 is 11.9 Å². The van der Waals surface area contributed by atoms with Gasteiger partial charge in [-0.25, -0.2) is 9.59 Å². The molecule has 0 aromatic heterocycles. The van der Waals surface area contributed by atoms with Crippen LogP contribution in [0.3, 0.4) is 0 Å². The molecular formula is C28H32N2O6. The fourth-order valence-corrected chi connectivity index (χ4v) is 2.67. The standard InChI is InChI=1S/C28H32N2O6/c1-21(2)27(31)35-25(23-15-9-7-10-16-23)29-33-19-13-5-6-14-20-34-30-26(36-28(32)22(3)4)24-17-11-8-12-18-24/h7-12,15-18H,1,3,5-6,13-14,19-20H2,2,4H3/b29-25+,30-26+. The first-order valence-electron chi connectivity index (χ1n) is 11.6.